The Hall–Kier alpha value is -2.06. The fourth-order valence-electron chi connectivity index (χ4n) is 1.30. The number of pyridine rings is 1. The second-order valence-electron chi connectivity index (χ2n) is 2.77. The Morgan fingerprint density at radius 3 is 3.15 bits per heavy atom. The van der Waals surface area contributed by atoms with Gasteiger partial charge in [0.2, 0.25) is 0 Å². The number of hydrogen-bond donors (Lipinski definition) is 0. The van der Waals surface area contributed by atoms with E-state index in [0.717, 1.165) is 16.5 Å². The number of aryl methyl sites for hydroxylation is 1. The molecule has 0 atom stereocenters. The van der Waals surface area contributed by atoms with Crippen LogP contribution in [0.5, 0.6) is 0 Å². The normalized spacial score (nSPS) is 9.23. The van der Waals surface area contributed by atoms with Gasteiger partial charge in [-0.25, -0.2) is 4.98 Å². The smallest absolute Gasteiger partial charge is 0.142 e. The second kappa shape index (κ2) is 2.77. The van der Waals surface area contributed by atoms with Crippen LogP contribution in [0.3, 0.4) is 0 Å². The molecule has 0 saturated carbocycles. The molecule has 0 aliphatic carbocycles. The largest absolute Gasteiger partial charge is 0.242 e. The highest BCUT2D eigenvalue weighted by atomic mass is 14.7. The topological polar surface area (TPSA) is 36.7 Å². The number of nitriles is 1. The van der Waals surface area contributed by atoms with E-state index in [2.05, 4.69) is 17.1 Å². The molecule has 2 nitrogen and oxygen atoms in total. The summed E-state index contributed by atoms with van der Waals surface area (Å²) in [4.78, 5) is 4.12. The lowest BCUT2D eigenvalue weighted by Gasteiger charge is -1.97. The van der Waals surface area contributed by atoms with Crippen LogP contribution < -0.4 is 0 Å². The molecule has 1 heterocycles. The Morgan fingerprint density at radius 1 is 1.54 bits per heavy atom. The zero-order valence-electron chi connectivity index (χ0n) is 7.13. The Balaban J connectivity index is 2.86. The highest BCUT2D eigenvalue weighted by Crippen LogP contribution is 2.14. The maximum atomic E-state index is 8.68. The molecule has 2 heteroatoms. The fourth-order valence-corrected chi connectivity index (χ4v) is 1.30. The van der Waals surface area contributed by atoms with Gasteiger partial charge in [-0.15, -0.1) is 0 Å². The molecule has 0 N–H and O–H groups in total. The Labute approximate surface area is 76.5 Å². The van der Waals surface area contributed by atoms with Gasteiger partial charge in [-0.3, -0.25) is 0 Å². The van der Waals surface area contributed by atoms with Crippen molar-refractivity contribution in [3.05, 3.63) is 41.7 Å². The van der Waals surface area contributed by atoms with E-state index < -0.39 is 0 Å². The first-order valence-corrected chi connectivity index (χ1v) is 3.91. The molecule has 2 rings (SSSR count). The molecule has 0 spiro atoms. The quantitative estimate of drug-likeness (QED) is 0.600. The zero-order chi connectivity index (χ0) is 9.26. The minimum Gasteiger partial charge on any atom is -0.242 e. The molecule has 0 aliphatic heterocycles. The molecule has 0 saturated heterocycles. The average molecular weight is 166 g/mol. The molecule has 1 aromatic carbocycles. The molecule has 2 aromatic rings. The maximum Gasteiger partial charge on any atom is 0.142 e. The minimum atomic E-state index is 0.431. The van der Waals surface area contributed by atoms with Crippen molar-refractivity contribution < 1.29 is 0 Å². The third-order valence-corrected chi connectivity index (χ3v) is 1.90. The van der Waals surface area contributed by atoms with Crippen molar-refractivity contribution in [1.82, 2.24) is 4.98 Å². The van der Waals surface area contributed by atoms with Crippen molar-refractivity contribution >= 4 is 10.8 Å². The van der Waals surface area contributed by atoms with Crippen LogP contribution in [-0.4, -0.2) is 4.98 Å². The summed E-state index contributed by atoms with van der Waals surface area (Å²) >= 11 is 0. The van der Waals surface area contributed by atoms with Gasteiger partial charge in [0.25, 0.3) is 0 Å². The molecule has 60 valence electrons. The predicted molar refractivity (Wildman–Crippen MR) is 48.9 cm³/mol. The van der Waals surface area contributed by atoms with Crippen molar-refractivity contribution in [3.63, 3.8) is 0 Å². The Bertz CT molecular complexity index is 495. The number of rotatable bonds is 0. The summed E-state index contributed by atoms with van der Waals surface area (Å²) in [6.07, 6.45) is 0. The average Bonchev–Trinajstić information content (AvgIpc) is 2.18. The first-order valence-electron chi connectivity index (χ1n) is 3.91. The molecular formula is C11H6N2. The van der Waals surface area contributed by atoms with Crippen LogP contribution >= 0.6 is 0 Å². The van der Waals surface area contributed by atoms with Gasteiger partial charge < -0.3 is 0 Å². The van der Waals surface area contributed by atoms with Crippen molar-refractivity contribution in [2.45, 2.75) is 6.92 Å². The Kier molecular flexibility index (Phi) is 1.61. The molecular weight excluding hydrogens is 160 g/mol. The van der Waals surface area contributed by atoms with Gasteiger partial charge in [0.05, 0.1) is 0 Å². The van der Waals surface area contributed by atoms with Crippen molar-refractivity contribution in [2.75, 3.05) is 0 Å². The third kappa shape index (κ3) is 1.19. The molecule has 0 fully saturated rings. The first kappa shape index (κ1) is 7.58. The monoisotopic (exact) mass is 166 g/mol. The number of nitrogens with zero attached hydrogens (tertiary/aromatic N) is 2. The summed E-state index contributed by atoms with van der Waals surface area (Å²) in [6.45, 7) is 1.89. The van der Waals surface area contributed by atoms with E-state index >= 15 is 0 Å². The van der Waals surface area contributed by atoms with Crippen LogP contribution in [0.15, 0.2) is 18.2 Å². The molecule has 0 bridgehead atoms. The van der Waals surface area contributed by atoms with Crippen LogP contribution in [-0.2, 0) is 0 Å². The van der Waals surface area contributed by atoms with Gasteiger partial charge in [-0.2, -0.15) is 5.26 Å². The highest BCUT2D eigenvalue weighted by molar-refractivity contribution is 5.83. The van der Waals surface area contributed by atoms with E-state index in [4.69, 9.17) is 5.26 Å². The highest BCUT2D eigenvalue weighted by Gasteiger charge is 1.99. The Morgan fingerprint density at radius 2 is 2.38 bits per heavy atom. The summed E-state index contributed by atoms with van der Waals surface area (Å²) in [5, 5.41) is 10.6. The standard InChI is InChI=1S/C11H6N2/c1-8-11-5-3-2-4-9(11)6-10(7-12)13-8/h3,5-6H,1H3. The predicted octanol–water partition coefficient (Wildman–Crippen LogP) is 2.02. The molecule has 0 unspecified atom stereocenters. The van der Waals surface area contributed by atoms with Crippen LogP contribution in [0, 0.1) is 30.4 Å². The van der Waals surface area contributed by atoms with Gasteiger partial charge in [0.1, 0.15) is 11.8 Å². The van der Waals surface area contributed by atoms with E-state index in [1.54, 1.807) is 12.1 Å². The SMILES string of the molecule is Cc1nc(C#N)cc2c#cccc12. The lowest BCUT2D eigenvalue weighted by molar-refractivity contribution is 1.20. The molecule has 1 aromatic heterocycles. The third-order valence-electron chi connectivity index (χ3n) is 1.90. The van der Waals surface area contributed by atoms with Crippen molar-refractivity contribution in [3.8, 4) is 6.07 Å². The molecule has 0 aliphatic rings. The molecule has 13 heavy (non-hydrogen) atoms. The fraction of sp³-hybridized carbons (Fsp3) is 0.0909. The van der Waals surface area contributed by atoms with E-state index in [9.17, 15) is 0 Å². The van der Waals surface area contributed by atoms with E-state index in [0.29, 0.717) is 5.69 Å². The van der Waals surface area contributed by atoms with Crippen LogP contribution in [0.4, 0.5) is 0 Å². The lowest BCUT2D eigenvalue weighted by Crippen LogP contribution is -1.87. The summed E-state index contributed by atoms with van der Waals surface area (Å²) in [5.74, 6) is 0. The lowest BCUT2D eigenvalue weighted by atomic mass is 10.1. The van der Waals surface area contributed by atoms with E-state index in [-0.39, 0.29) is 0 Å². The molecule has 0 radical (unpaired) electrons. The van der Waals surface area contributed by atoms with Crippen molar-refractivity contribution in [1.29, 1.82) is 5.26 Å². The molecule has 0 amide bonds. The summed E-state index contributed by atoms with van der Waals surface area (Å²) in [7, 11) is 0. The van der Waals surface area contributed by atoms with Gasteiger partial charge >= 0.3 is 0 Å². The van der Waals surface area contributed by atoms with Gasteiger partial charge in [0.15, 0.2) is 0 Å². The summed E-state index contributed by atoms with van der Waals surface area (Å²) < 4.78 is 0. The number of fused-ring (bicyclic) bond motifs is 1. The number of aromatic nitrogens is 1. The van der Waals surface area contributed by atoms with E-state index in [1.165, 1.54) is 0 Å². The zero-order valence-corrected chi connectivity index (χ0v) is 7.13. The first-order chi connectivity index (χ1) is 6.31. The van der Waals surface area contributed by atoms with Gasteiger partial charge in [0, 0.05) is 16.5 Å². The van der Waals surface area contributed by atoms with Crippen molar-refractivity contribution in [2.24, 2.45) is 0 Å². The van der Waals surface area contributed by atoms with Crippen LogP contribution in [0.2, 0.25) is 0 Å². The van der Waals surface area contributed by atoms with Crippen LogP contribution in [0.25, 0.3) is 10.8 Å². The van der Waals surface area contributed by atoms with Crippen LogP contribution in [0.1, 0.15) is 11.4 Å². The van der Waals surface area contributed by atoms with E-state index in [1.807, 2.05) is 19.1 Å². The summed E-state index contributed by atoms with van der Waals surface area (Å²) in [5.41, 5.74) is 1.29. The minimum absolute atomic E-state index is 0.431. The second-order valence-corrected chi connectivity index (χ2v) is 2.77. The number of hydrogen-bond acceptors (Lipinski definition) is 2. The van der Waals surface area contributed by atoms with Gasteiger partial charge in [-0.1, -0.05) is 12.1 Å². The summed E-state index contributed by atoms with van der Waals surface area (Å²) in [6, 6.07) is 13.3. The maximum absolute atomic E-state index is 8.68. The van der Waals surface area contributed by atoms with Gasteiger partial charge in [-0.05, 0) is 25.1 Å².